The number of nitrogens with zero attached hydrogens (tertiary/aromatic N) is 3. The van der Waals surface area contributed by atoms with E-state index in [0.717, 1.165) is 92.8 Å². The summed E-state index contributed by atoms with van der Waals surface area (Å²) in [4.78, 5) is 14.3. The van der Waals surface area contributed by atoms with Crippen LogP contribution in [0.15, 0.2) is 207 Å². The van der Waals surface area contributed by atoms with Gasteiger partial charge in [0.15, 0.2) is 0 Å². The first-order valence-electron chi connectivity index (χ1n) is 22.7. The molecule has 0 amide bonds. The molecule has 10 rings (SSSR count). The van der Waals surface area contributed by atoms with Crippen LogP contribution in [0.3, 0.4) is 0 Å². The molecule has 3 nitrogen and oxygen atoms in total. The SMILES string of the molecule is Cc1ccc(-c2[c-]cc(CCc3cc(CCc4[c-]cc(-c5ccc(C)cn5)cc4)cc(-c4ccccc4-c4cnc(-c5[c-]cccc5)cc4-c4ccc(-c5ccccc5)cc4)c3)cc2)nc1.[Ir+3]. The molecule has 0 saturated carbocycles. The van der Waals surface area contributed by atoms with E-state index in [1.54, 1.807) is 0 Å². The van der Waals surface area contributed by atoms with Gasteiger partial charge in [0.05, 0.1) is 0 Å². The predicted molar refractivity (Wildman–Crippen MR) is 272 cm³/mol. The van der Waals surface area contributed by atoms with Crippen LogP contribution in [-0.4, -0.2) is 15.0 Å². The van der Waals surface area contributed by atoms with Gasteiger partial charge >= 0.3 is 20.1 Å². The molecule has 3 heterocycles. The normalized spacial score (nSPS) is 11.0. The van der Waals surface area contributed by atoms with Gasteiger partial charge in [-0.2, -0.15) is 29.8 Å². The van der Waals surface area contributed by atoms with E-state index in [0.29, 0.717) is 0 Å². The van der Waals surface area contributed by atoms with Crippen molar-refractivity contribution in [2.75, 3.05) is 0 Å². The molecule has 10 aromatic rings. The van der Waals surface area contributed by atoms with Crippen molar-refractivity contribution in [3.05, 3.63) is 258 Å². The predicted octanol–water partition coefficient (Wildman–Crippen LogP) is 15.1. The van der Waals surface area contributed by atoms with Gasteiger partial charge < -0.3 is 9.97 Å². The van der Waals surface area contributed by atoms with E-state index in [9.17, 15) is 0 Å². The minimum absolute atomic E-state index is 0. The molecule has 0 aliphatic rings. The summed E-state index contributed by atoms with van der Waals surface area (Å²) in [6.45, 7) is 4.12. The van der Waals surface area contributed by atoms with Crippen molar-refractivity contribution in [2.45, 2.75) is 39.5 Å². The molecule has 0 aliphatic carbocycles. The molecule has 7 aromatic carbocycles. The van der Waals surface area contributed by atoms with Gasteiger partial charge in [0.2, 0.25) is 0 Å². The Kier molecular flexibility index (Phi) is 14.0. The van der Waals surface area contributed by atoms with Crippen molar-refractivity contribution >= 4 is 0 Å². The van der Waals surface area contributed by atoms with Crippen molar-refractivity contribution in [2.24, 2.45) is 0 Å². The van der Waals surface area contributed by atoms with E-state index < -0.39 is 0 Å². The summed E-state index contributed by atoms with van der Waals surface area (Å²) in [6.07, 6.45) is 9.44. The van der Waals surface area contributed by atoms with Gasteiger partial charge in [0.25, 0.3) is 0 Å². The monoisotopic (exact) mass is 1040 g/mol. The second-order valence-electron chi connectivity index (χ2n) is 17.1. The minimum Gasteiger partial charge on any atom is -0.304 e. The molecule has 0 saturated heterocycles. The van der Waals surface area contributed by atoms with E-state index in [-0.39, 0.29) is 20.1 Å². The summed E-state index contributed by atoms with van der Waals surface area (Å²) in [5.41, 5.74) is 22.4. The fraction of sp³-hybridized carbons (Fsp3) is 0.0952. The summed E-state index contributed by atoms with van der Waals surface area (Å²) < 4.78 is 0. The first-order valence-corrected chi connectivity index (χ1v) is 22.7. The second kappa shape index (κ2) is 20.9. The summed E-state index contributed by atoms with van der Waals surface area (Å²) in [6, 6.07) is 77.5. The van der Waals surface area contributed by atoms with Crippen LogP contribution in [-0.2, 0) is 45.8 Å². The minimum atomic E-state index is 0. The average Bonchev–Trinajstić information content (AvgIpc) is 3.38. The first kappa shape index (κ1) is 44.8. The van der Waals surface area contributed by atoms with Gasteiger partial charge in [-0.1, -0.05) is 128 Å². The summed E-state index contributed by atoms with van der Waals surface area (Å²) in [7, 11) is 0. The molecule has 0 spiro atoms. The second-order valence-corrected chi connectivity index (χ2v) is 17.1. The molecule has 0 aliphatic heterocycles. The Hall–Kier alpha value is -7.36. The molecule has 0 fully saturated rings. The molecule has 0 N–H and O–H groups in total. The van der Waals surface area contributed by atoms with Crippen LogP contribution >= 0.6 is 0 Å². The van der Waals surface area contributed by atoms with E-state index in [4.69, 9.17) is 4.98 Å². The van der Waals surface area contributed by atoms with Crippen LogP contribution < -0.4 is 0 Å². The molecular weight excluding hydrogens is 991 g/mol. The van der Waals surface area contributed by atoms with Gasteiger partial charge in [-0.3, -0.25) is 4.98 Å². The standard InChI is InChI=1S/C63H48N3.Ir/c1-44-17-35-61(64-41-44)54-27-23-46(24-28-54)19-21-48-37-49(22-20-47-25-29-55(30-26-47)62-36-18-45(2)42-65-62)39-56(38-48)57-15-9-10-16-58(57)60-43-66-63(53-13-7-4-8-14-53)40-59(60)52-33-31-51(32-34-52)50-11-5-3-6-12-50;/h3-13,15-18,23-25,27,29-43H,19-22H2,1-2H3;/q-3;+3. The van der Waals surface area contributed by atoms with Gasteiger partial charge in [0.1, 0.15) is 0 Å². The van der Waals surface area contributed by atoms with E-state index in [2.05, 4.69) is 218 Å². The molecular formula is C63H48IrN3. The maximum Gasteiger partial charge on any atom is 3.00 e. The van der Waals surface area contributed by atoms with E-state index >= 15 is 0 Å². The van der Waals surface area contributed by atoms with E-state index in [1.165, 1.54) is 44.5 Å². The molecule has 0 unspecified atom stereocenters. The number of pyridine rings is 3. The third kappa shape index (κ3) is 10.7. The Morgan fingerprint density at radius 1 is 0.358 bits per heavy atom. The van der Waals surface area contributed by atoms with Gasteiger partial charge in [-0.05, 0) is 112 Å². The van der Waals surface area contributed by atoms with Crippen LogP contribution in [0.2, 0.25) is 0 Å². The zero-order chi connectivity index (χ0) is 44.7. The molecule has 324 valence electrons. The van der Waals surface area contributed by atoms with Crippen molar-refractivity contribution in [1.82, 2.24) is 15.0 Å². The maximum absolute atomic E-state index is 5.09. The Labute approximate surface area is 408 Å². The topological polar surface area (TPSA) is 38.7 Å². The van der Waals surface area contributed by atoms with Gasteiger partial charge in [-0.15, -0.1) is 76.9 Å². The third-order valence-corrected chi connectivity index (χ3v) is 12.3. The maximum atomic E-state index is 5.09. The molecule has 0 bridgehead atoms. The quantitative estimate of drug-likeness (QED) is 0.108. The molecule has 4 heteroatoms. The average molecular weight is 1040 g/mol. The van der Waals surface area contributed by atoms with Crippen LogP contribution in [0.25, 0.3) is 78.3 Å². The first-order chi connectivity index (χ1) is 32.5. The Bertz CT molecular complexity index is 3090. The fourth-order valence-electron chi connectivity index (χ4n) is 8.64. The number of benzene rings is 7. The number of hydrogen-bond acceptors (Lipinski definition) is 3. The zero-order valence-corrected chi connectivity index (χ0v) is 40.0. The zero-order valence-electron chi connectivity index (χ0n) is 37.6. The van der Waals surface area contributed by atoms with E-state index in [1.807, 2.05) is 30.6 Å². The van der Waals surface area contributed by atoms with Crippen LogP contribution in [0.5, 0.6) is 0 Å². The Morgan fingerprint density at radius 3 is 1.66 bits per heavy atom. The number of aryl methyl sites for hydroxylation is 6. The summed E-state index contributed by atoms with van der Waals surface area (Å²) in [5, 5.41) is 0. The number of rotatable bonds is 13. The van der Waals surface area contributed by atoms with Crippen LogP contribution in [0.4, 0.5) is 0 Å². The fourth-order valence-corrected chi connectivity index (χ4v) is 8.64. The van der Waals surface area contributed by atoms with Crippen molar-refractivity contribution in [1.29, 1.82) is 0 Å². The Morgan fingerprint density at radius 2 is 0.985 bits per heavy atom. The summed E-state index contributed by atoms with van der Waals surface area (Å²) in [5.74, 6) is 0. The molecule has 67 heavy (non-hydrogen) atoms. The van der Waals surface area contributed by atoms with Crippen LogP contribution in [0.1, 0.15) is 33.4 Å². The third-order valence-electron chi connectivity index (χ3n) is 12.3. The smallest absolute Gasteiger partial charge is 0.304 e. The van der Waals surface area contributed by atoms with Gasteiger partial charge in [0, 0.05) is 29.8 Å². The van der Waals surface area contributed by atoms with Crippen molar-refractivity contribution in [3.63, 3.8) is 0 Å². The van der Waals surface area contributed by atoms with Gasteiger partial charge in [-0.25, -0.2) is 0 Å². The summed E-state index contributed by atoms with van der Waals surface area (Å²) >= 11 is 0. The van der Waals surface area contributed by atoms with Crippen molar-refractivity contribution < 1.29 is 20.1 Å². The number of hydrogen-bond donors (Lipinski definition) is 0. The molecule has 0 atom stereocenters. The molecule has 3 aromatic heterocycles. The largest absolute Gasteiger partial charge is 3.00 e. The van der Waals surface area contributed by atoms with Crippen LogP contribution in [0, 0.1) is 32.0 Å². The molecule has 0 radical (unpaired) electrons. The van der Waals surface area contributed by atoms with Crippen molar-refractivity contribution in [3.8, 4) is 78.3 Å². The Balaban J connectivity index is 0.00000562. The number of aromatic nitrogens is 3.